The van der Waals surface area contributed by atoms with E-state index in [1.165, 1.54) is 66.8 Å². The van der Waals surface area contributed by atoms with Crippen molar-refractivity contribution in [1.29, 1.82) is 0 Å². The molecule has 0 spiro atoms. The third-order valence-corrected chi connectivity index (χ3v) is 10.9. The van der Waals surface area contributed by atoms with Crippen LogP contribution in [0.25, 0.3) is 22.3 Å². The maximum absolute atomic E-state index is 2.54. The Labute approximate surface area is 306 Å². The molecule has 4 aromatic carbocycles. The van der Waals surface area contributed by atoms with Crippen LogP contribution >= 0.6 is 0 Å². The molecule has 0 bridgehead atoms. The maximum atomic E-state index is 2.54. The second kappa shape index (κ2) is 12.0. The van der Waals surface area contributed by atoms with Crippen LogP contribution in [0.1, 0.15) is 150 Å². The molecule has 0 aromatic heterocycles. The Morgan fingerprint density at radius 3 is 1.11 bits per heavy atom. The molecule has 6 rings (SSSR count). The number of fused-ring (bicyclic) bond motifs is 6. The van der Waals surface area contributed by atoms with Crippen molar-refractivity contribution < 1.29 is 26.2 Å². The van der Waals surface area contributed by atoms with Crippen LogP contribution in [-0.2, 0) is 73.5 Å². The van der Waals surface area contributed by atoms with Crippen LogP contribution < -0.4 is 0 Å². The van der Waals surface area contributed by atoms with Crippen molar-refractivity contribution in [3.63, 3.8) is 0 Å². The Kier molecular flexibility index (Phi) is 9.18. The Morgan fingerprint density at radius 1 is 0.468 bits per heavy atom. The number of aryl methyl sites for hydroxylation is 2. The van der Waals surface area contributed by atoms with Gasteiger partial charge in [0.05, 0.1) is 0 Å². The van der Waals surface area contributed by atoms with Crippen LogP contribution in [-0.4, -0.2) is 0 Å². The first-order valence-electron chi connectivity index (χ1n) is 17.8. The summed E-state index contributed by atoms with van der Waals surface area (Å²) < 4.78 is 0. The van der Waals surface area contributed by atoms with Crippen molar-refractivity contribution in [2.75, 3.05) is 0 Å². The molecule has 0 fully saturated rings. The average molecular weight is 702 g/mol. The third kappa shape index (κ3) is 6.45. The molecule has 2 aliphatic carbocycles. The first-order chi connectivity index (χ1) is 21.2. The topological polar surface area (TPSA) is 0 Å². The number of benzene rings is 4. The summed E-state index contributed by atoms with van der Waals surface area (Å²) >= 11 is 0. The van der Waals surface area contributed by atoms with Crippen LogP contribution in [0.5, 0.6) is 0 Å². The van der Waals surface area contributed by atoms with E-state index in [0.29, 0.717) is 0 Å². The zero-order chi connectivity index (χ0) is 33.7. The number of hydrogen-bond donors (Lipinski definition) is 0. The van der Waals surface area contributed by atoms with Gasteiger partial charge in [0, 0.05) is 26.2 Å². The van der Waals surface area contributed by atoms with Gasteiger partial charge in [-0.25, -0.2) is 0 Å². The molecule has 2 aliphatic rings. The van der Waals surface area contributed by atoms with Gasteiger partial charge in [-0.15, -0.1) is 0 Å². The van der Waals surface area contributed by atoms with Gasteiger partial charge in [0.2, 0.25) is 0 Å². The van der Waals surface area contributed by atoms with E-state index in [0.717, 1.165) is 25.7 Å². The summed E-state index contributed by atoms with van der Waals surface area (Å²) in [7, 11) is 0. The minimum atomic E-state index is 0. The predicted octanol–water partition coefficient (Wildman–Crippen LogP) is 12.4. The Morgan fingerprint density at radius 2 is 0.809 bits per heavy atom. The van der Waals surface area contributed by atoms with Crippen LogP contribution in [0.4, 0.5) is 0 Å². The fourth-order valence-corrected chi connectivity index (χ4v) is 8.44. The van der Waals surface area contributed by atoms with Gasteiger partial charge in [-0.1, -0.05) is 132 Å². The minimum Gasteiger partial charge on any atom is -0.0579 e. The van der Waals surface area contributed by atoms with Crippen LogP contribution in [0.2, 0.25) is 0 Å². The van der Waals surface area contributed by atoms with E-state index >= 15 is 0 Å². The van der Waals surface area contributed by atoms with E-state index < -0.39 is 0 Å². The normalized spacial score (nSPS) is 14.0. The van der Waals surface area contributed by atoms with Gasteiger partial charge in [-0.2, -0.15) is 0 Å². The molecule has 0 radical (unpaired) electrons. The Hall–Kier alpha value is -2.24. The van der Waals surface area contributed by atoms with Crippen molar-refractivity contribution >= 4 is 0 Å². The summed E-state index contributed by atoms with van der Waals surface area (Å²) in [5.74, 6) is 0. The molecule has 4 aromatic rings. The number of hydrogen-bond acceptors (Lipinski definition) is 0. The van der Waals surface area contributed by atoms with Crippen LogP contribution in [0.3, 0.4) is 0 Å². The molecule has 47 heavy (non-hydrogen) atoms. The zero-order valence-corrected chi connectivity index (χ0v) is 34.4. The molecule has 246 valence electrons. The van der Waals surface area contributed by atoms with Crippen molar-refractivity contribution in [2.24, 2.45) is 0 Å². The fourth-order valence-electron chi connectivity index (χ4n) is 8.44. The summed E-state index contributed by atoms with van der Waals surface area (Å²) in [6.07, 6.45) is 4.26. The van der Waals surface area contributed by atoms with Gasteiger partial charge < -0.3 is 0 Å². The van der Waals surface area contributed by atoms with Gasteiger partial charge in [-0.3, -0.25) is 0 Å². The molecule has 0 unspecified atom stereocenters. The third-order valence-electron chi connectivity index (χ3n) is 10.9. The summed E-state index contributed by atoms with van der Waals surface area (Å²) in [6, 6.07) is 19.7. The van der Waals surface area contributed by atoms with Gasteiger partial charge >= 0.3 is 0 Å². The monoisotopic (exact) mass is 700 g/mol. The van der Waals surface area contributed by atoms with E-state index in [-0.39, 0.29) is 47.9 Å². The average Bonchev–Trinajstić information content (AvgIpc) is 3.50. The quantitative estimate of drug-likeness (QED) is 0.172. The van der Waals surface area contributed by atoms with Gasteiger partial charge in [0.15, 0.2) is 0 Å². The second-order valence-corrected chi connectivity index (χ2v) is 18.7. The Balaban J connectivity index is 0.00000433. The molecule has 1 heteroatoms. The molecular weight excluding hydrogens is 644 g/mol. The molecule has 0 atom stereocenters. The molecular formula is C46H58Zr. The Bertz CT molecular complexity index is 1730. The van der Waals surface area contributed by atoms with Gasteiger partial charge in [-0.05, 0) is 150 Å². The van der Waals surface area contributed by atoms with Gasteiger partial charge in [0.25, 0.3) is 0 Å². The van der Waals surface area contributed by atoms with Crippen LogP contribution in [0.15, 0.2) is 48.5 Å². The smallest absolute Gasteiger partial charge is 0 e. The minimum absolute atomic E-state index is 0. The van der Waals surface area contributed by atoms with E-state index in [1.807, 2.05) is 0 Å². The van der Waals surface area contributed by atoms with Crippen molar-refractivity contribution in [1.82, 2.24) is 0 Å². The molecule has 0 heterocycles. The summed E-state index contributed by atoms with van der Waals surface area (Å²) in [6.45, 7) is 33.1. The number of rotatable bonds is 3. The van der Waals surface area contributed by atoms with Crippen LogP contribution in [0, 0.1) is 13.8 Å². The first kappa shape index (κ1) is 36.1. The van der Waals surface area contributed by atoms with E-state index in [9.17, 15) is 0 Å². The first-order valence-corrected chi connectivity index (χ1v) is 17.8. The molecule has 0 saturated carbocycles. The SMILES string of the molecule is Cc1cc(C(C)(C)C)c(CCc2c(C(C)(C)C)cc(C)c3c2Cc2cc(C(C)(C)C)ccc2-3)c2c1-c1ccc(C(C)(C)C)cc1C2.[Zr]. The molecule has 0 amide bonds. The van der Waals surface area contributed by atoms with Crippen molar-refractivity contribution in [3.8, 4) is 22.3 Å². The summed E-state index contributed by atoms with van der Waals surface area (Å²) in [5, 5.41) is 0. The van der Waals surface area contributed by atoms with Gasteiger partial charge in [0.1, 0.15) is 0 Å². The summed E-state index contributed by atoms with van der Waals surface area (Å²) in [5.41, 5.74) is 24.6. The fraction of sp³-hybridized carbons (Fsp3) is 0.478. The second-order valence-electron chi connectivity index (χ2n) is 18.7. The standard InChI is InChI=1S/C46H58.Zr/c1-27-21-39(45(9,10)11)35(37-25-29-23-31(43(3,4)5)15-17-33(29)41(27)37)19-20-36-38-26-30-24-32(44(6,7)8)16-18-34(30)42(38)28(2)22-40(36)46(12,13)14;/h15-18,21-24H,19-20,25-26H2,1-14H3;. The van der Waals surface area contributed by atoms with Crippen molar-refractivity contribution in [2.45, 2.75) is 144 Å². The molecule has 0 N–H and O–H groups in total. The largest absolute Gasteiger partial charge is 0.0579 e. The van der Waals surface area contributed by atoms with E-state index in [2.05, 4.69) is 145 Å². The molecule has 0 aliphatic heterocycles. The van der Waals surface area contributed by atoms with E-state index in [4.69, 9.17) is 0 Å². The maximum Gasteiger partial charge on any atom is 0 e. The molecule has 0 saturated heterocycles. The van der Waals surface area contributed by atoms with E-state index in [1.54, 1.807) is 22.3 Å². The zero-order valence-electron chi connectivity index (χ0n) is 31.9. The predicted molar refractivity (Wildman–Crippen MR) is 201 cm³/mol. The summed E-state index contributed by atoms with van der Waals surface area (Å²) in [4.78, 5) is 0. The van der Waals surface area contributed by atoms with Crippen molar-refractivity contribution in [3.05, 3.63) is 115 Å². The molecule has 0 nitrogen and oxygen atoms in total.